The fraction of sp³-hybridized carbons (Fsp3) is 0.588. The van der Waals surface area contributed by atoms with Crippen LogP contribution in [0.5, 0.6) is 5.75 Å². The highest BCUT2D eigenvalue weighted by molar-refractivity contribution is 9.10. The first kappa shape index (κ1) is 20.3. The number of nitrogens with one attached hydrogen (secondary N) is 2. The van der Waals surface area contributed by atoms with Gasteiger partial charge < -0.3 is 15.4 Å². The molecule has 2 N–H and O–H groups in total. The van der Waals surface area contributed by atoms with E-state index in [0.29, 0.717) is 30.6 Å². The Morgan fingerprint density at radius 2 is 2.13 bits per heavy atom. The Morgan fingerprint density at radius 1 is 1.43 bits per heavy atom. The van der Waals surface area contributed by atoms with Crippen LogP contribution in [0, 0.1) is 11.8 Å². The monoisotopic (exact) mass is 404 g/mol. The highest BCUT2D eigenvalue weighted by atomic mass is 79.9. The molecule has 0 aromatic heterocycles. The van der Waals surface area contributed by atoms with Crippen molar-refractivity contribution in [3.05, 3.63) is 22.7 Å². The van der Waals surface area contributed by atoms with Crippen molar-refractivity contribution in [2.45, 2.75) is 33.1 Å². The second-order valence-corrected chi connectivity index (χ2v) is 6.81. The van der Waals surface area contributed by atoms with Crippen LogP contribution in [0.25, 0.3) is 0 Å². The number of halogens is 2. The molecule has 4 nitrogen and oxygen atoms in total. The molecule has 1 saturated heterocycles. The summed E-state index contributed by atoms with van der Waals surface area (Å²) < 4.78 is 6.50. The minimum Gasteiger partial charge on any atom is -0.492 e. The molecular formula is C17H26BrClN2O2. The Morgan fingerprint density at radius 3 is 2.78 bits per heavy atom. The quantitative estimate of drug-likeness (QED) is 0.744. The zero-order valence-electron chi connectivity index (χ0n) is 13.7. The minimum atomic E-state index is 0. The van der Waals surface area contributed by atoms with Crippen LogP contribution in [0.3, 0.4) is 0 Å². The first-order valence-electron chi connectivity index (χ1n) is 8.03. The number of amides is 1. The second-order valence-electron chi connectivity index (χ2n) is 5.89. The number of rotatable bonds is 6. The average molecular weight is 406 g/mol. The summed E-state index contributed by atoms with van der Waals surface area (Å²) in [6, 6.07) is 5.68. The summed E-state index contributed by atoms with van der Waals surface area (Å²) in [4.78, 5) is 12.3. The maximum absolute atomic E-state index is 12.3. The van der Waals surface area contributed by atoms with Gasteiger partial charge in [-0.25, -0.2) is 0 Å². The molecule has 1 aromatic carbocycles. The van der Waals surface area contributed by atoms with E-state index in [1.54, 1.807) is 0 Å². The number of hydrogen-bond acceptors (Lipinski definition) is 3. The normalized spacial score (nSPS) is 16.3. The molecule has 6 heteroatoms. The van der Waals surface area contributed by atoms with Crippen molar-refractivity contribution in [2.24, 2.45) is 11.8 Å². The summed E-state index contributed by atoms with van der Waals surface area (Å²) >= 11 is 3.44. The lowest BCUT2D eigenvalue weighted by atomic mass is 9.84. The fourth-order valence-corrected chi connectivity index (χ4v) is 3.32. The van der Waals surface area contributed by atoms with E-state index in [-0.39, 0.29) is 18.3 Å². The van der Waals surface area contributed by atoms with E-state index in [4.69, 9.17) is 4.74 Å². The predicted octanol–water partition coefficient (Wildman–Crippen LogP) is 4.23. The summed E-state index contributed by atoms with van der Waals surface area (Å²) in [5.41, 5.74) is 0.735. The Labute approximate surface area is 153 Å². The third-order valence-electron chi connectivity index (χ3n) is 4.21. The first-order chi connectivity index (χ1) is 10.6. The van der Waals surface area contributed by atoms with Crippen LogP contribution >= 0.6 is 28.3 Å². The van der Waals surface area contributed by atoms with E-state index in [1.165, 1.54) is 0 Å². The third kappa shape index (κ3) is 6.32. The van der Waals surface area contributed by atoms with Crippen LogP contribution in [0.2, 0.25) is 0 Å². The van der Waals surface area contributed by atoms with Gasteiger partial charge in [0.25, 0.3) is 0 Å². The van der Waals surface area contributed by atoms with E-state index >= 15 is 0 Å². The van der Waals surface area contributed by atoms with E-state index in [2.05, 4.69) is 33.5 Å². The van der Waals surface area contributed by atoms with Gasteiger partial charge in [0.05, 0.1) is 12.3 Å². The Bertz CT molecular complexity index is 507. The van der Waals surface area contributed by atoms with Crippen LogP contribution in [0.15, 0.2) is 22.7 Å². The van der Waals surface area contributed by atoms with Crippen molar-refractivity contribution >= 4 is 39.9 Å². The standard InChI is InChI=1S/C17H25BrN2O2.ClH/c1-3-22-16-5-4-14(18)11-15(16)20-17(21)10-12(2)13-6-8-19-9-7-13;/h4-5,11-13,19H,3,6-10H2,1-2H3,(H,20,21);1H. The molecule has 1 atom stereocenters. The predicted molar refractivity (Wildman–Crippen MR) is 101 cm³/mol. The van der Waals surface area contributed by atoms with Gasteiger partial charge in [-0.05, 0) is 62.9 Å². The number of piperidine rings is 1. The van der Waals surface area contributed by atoms with Crippen molar-refractivity contribution in [1.82, 2.24) is 5.32 Å². The number of hydrogen-bond donors (Lipinski definition) is 2. The van der Waals surface area contributed by atoms with Crippen molar-refractivity contribution in [1.29, 1.82) is 0 Å². The summed E-state index contributed by atoms with van der Waals surface area (Å²) in [5, 5.41) is 6.36. The molecule has 1 aliphatic rings. The molecule has 1 aliphatic heterocycles. The van der Waals surface area contributed by atoms with E-state index in [0.717, 1.165) is 36.1 Å². The van der Waals surface area contributed by atoms with E-state index in [1.807, 2.05) is 25.1 Å². The zero-order chi connectivity index (χ0) is 15.9. The lowest BCUT2D eigenvalue weighted by molar-refractivity contribution is -0.117. The Hall–Kier alpha value is -0.780. The van der Waals surface area contributed by atoms with Crippen molar-refractivity contribution in [3.63, 3.8) is 0 Å². The molecule has 1 amide bonds. The molecule has 1 aromatic rings. The zero-order valence-corrected chi connectivity index (χ0v) is 16.1. The van der Waals surface area contributed by atoms with Gasteiger partial charge in [0.1, 0.15) is 5.75 Å². The van der Waals surface area contributed by atoms with Gasteiger partial charge in [0.15, 0.2) is 0 Å². The van der Waals surface area contributed by atoms with Gasteiger partial charge in [0.2, 0.25) is 5.91 Å². The fourth-order valence-electron chi connectivity index (χ4n) is 2.95. The van der Waals surface area contributed by atoms with Crippen molar-refractivity contribution < 1.29 is 9.53 Å². The van der Waals surface area contributed by atoms with Gasteiger partial charge >= 0.3 is 0 Å². The van der Waals surface area contributed by atoms with Gasteiger partial charge in [-0.2, -0.15) is 0 Å². The highest BCUT2D eigenvalue weighted by Crippen LogP contribution is 2.29. The maximum atomic E-state index is 12.3. The number of carbonyl (C=O) groups excluding carboxylic acids is 1. The van der Waals surface area contributed by atoms with Gasteiger partial charge in [-0.3, -0.25) is 4.79 Å². The Kier molecular flexibility index (Phi) is 8.95. The van der Waals surface area contributed by atoms with Crippen LogP contribution in [0.4, 0.5) is 5.69 Å². The first-order valence-corrected chi connectivity index (χ1v) is 8.82. The number of anilines is 1. The lowest BCUT2D eigenvalue weighted by Gasteiger charge is -2.28. The molecular weight excluding hydrogens is 380 g/mol. The molecule has 1 fully saturated rings. The molecule has 1 heterocycles. The lowest BCUT2D eigenvalue weighted by Crippen LogP contribution is -2.32. The van der Waals surface area contributed by atoms with Crippen molar-refractivity contribution in [2.75, 3.05) is 25.0 Å². The molecule has 0 bridgehead atoms. The average Bonchev–Trinajstić information content (AvgIpc) is 2.51. The van der Waals surface area contributed by atoms with Gasteiger partial charge in [0, 0.05) is 10.9 Å². The Balaban J connectivity index is 0.00000264. The molecule has 130 valence electrons. The molecule has 0 saturated carbocycles. The summed E-state index contributed by atoms with van der Waals surface area (Å²) in [7, 11) is 0. The molecule has 23 heavy (non-hydrogen) atoms. The molecule has 0 aliphatic carbocycles. The second kappa shape index (κ2) is 10.2. The molecule has 0 spiro atoms. The maximum Gasteiger partial charge on any atom is 0.224 e. The molecule has 2 rings (SSSR count). The smallest absolute Gasteiger partial charge is 0.224 e. The van der Waals surface area contributed by atoms with Crippen LogP contribution in [-0.4, -0.2) is 25.6 Å². The summed E-state index contributed by atoms with van der Waals surface area (Å²) in [6.45, 7) is 6.83. The van der Waals surface area contributed by atoms with Crippen LogP contribution in [-0.2, 0) is 4.79 Å². The van der Waals surface area contributed by atoms with Gasteiger partial charge in [-0.1, -0.05) is 22.9 Å². The highest BCUT2D eigenvalue weighted by Gasteiger charge is 2.22. The number of ether oxygens (including phenoxy) is 1. The number of benzene rings is 1. The minimum absolute atomic E-state index is 0. The summed E-state index contributed by atoms with van der Waals surface area (Å²) in [6.07, 6.45) is 2.88. The largest absolute Gasteiger partial charge is 0.492 e. The topological polar surface area (TPSA) is 50.4 Å². The van der Waals surface area contributed by atoms with Crippen LogP contribution in [0.1, 0.15) is 33.1 Å². The van der Waals surface area contributed by atoms with Crippen molar-refractivity contribution in [3.8, 4) is 5.75 Å². The third-order valence-corrected chi connectivity index (χ3v) is 4.70. The SMILES string of the molecule is CCOc1ccc(Br)cc1NC(=O)CC(C)C1CCNCC1.Cl. The van der Waals surface area contributed by atoms with Gasteiger partial charge in [-0.15, -0.1) is 12.4 Å². The van der Waals surface area contributed by atoms with E-state index < -0.39 is 0 Å². The summed E-state index contributed by atoms with van der Waals surface area (Å²) in [5.74, 6) is 1.82. The van der Waals surface area contributed by atoms with Crippen LogP contribution < -0.4 is 15.4 Å². The molecule has 1 unspecified atom stereocenters. The molecule has 0 radical (unpaired) electrons. The number of carbonyl (C=O) groups is 1. The van der Waals surface area contributed by atoms with E-state index in [9.17, 15) is 4.79 Å².